The molecule has 0 bridgehead atoms. The molecule has 2 aliphatic rings. The molecule has 4 rings (SSSR count). The molecule has 170 valence electrons. The van der Waals surface area contributed by atoms with Crippen molar-refractivity contribution in [3.05, 3.63) is 65.0 Å². The molecule has 9 heteroatoms. The minimum Gasteiger partial charge on any atom is -0.490 e. The number of halogens is 1. The van der Waals surface area contributed by atoms with Crippen LogP contribution in [-0.4, -0.2) is 33.6 Å². The molecule has 2 aromatic rings. The maximum atomic E-state index is 13.1. The summed E-state index contributed by atoms with van der Waals surface area (Å²) >= 11 is 1.33. The second kappa shape index (κ2) is 9.99. The Kier molecular flexibility index (Phi) is 6.88. The topological polar surface area (TPSA) is 87.3 Å². The van der Waals surface area contributed by atoms with E-state index in [0.717, 1.165) is 23.4 Å². The van der Waals surface area contributed by atoms with E-state index in [0.29, 0.717) is 28.8 Å². The fraction of sp³-hybridized carbons (Fsp3) is 0.250. The van der Waals surface area contributed by atoms with Crippen molar-refractivity contribution in [3.8, 4) is 11.5 Å². The lowest BCUT2D eigenvalue weighted by molar-refractivity contribution is -0.114. The SMILES string of the molecule is CCCC1=NN2C(=N)/C(=C\c3ccc(OCc4ccc(F)cc4)c(OCC)c3)C(=O)N=C2S1. The lowest BCUT2D eigenvalue weighted by atomic mass is 10.1. The standard InChI is InChI=1S/C24H23FN4O3S/c1-3-5-21-28-29-22(26)18(23(30)27-24(29)33-21)12-16-8-11-19(20(13-16)31-4-2)32-14-15-6-9-17(25)10-7-15/h6-13,26H,3-5,14H2,1-2H3/b18-12+,26-22?. The number of ether oxygens (including phenoxy) is 2. The number of amides is 1. The van der Waals surface area contributed by atoms with Gasteiger partial charge in [-0.25, -0.2) is 4.39 Å². The van der Waals surface area contributed by atoms with Crippen LogP contribution >= 0.6 is 11.8 Å². The first-order chi connectivity index (χ1) is 16.0. The van der Waals surface area contributed by atoms with Crippen molar-refractivity contribution in [1.82, 2.24) is 5.01 Å². The Labute approximate surface area is 195 Å². The summed E-state index contributed by atoms with van der Waals surface area (Å²) in [6.07, 6.45) is 3.31. The number of hydrogen-bond acceptors (Lipinski definition) is 6. The molecular weight excluding hydrogens is 443 g/mol. The van der Waals surface area contributed by atoms with Gasteiger partial charge in [-0.3, -0.25) is 10.2 Å². The molecule has 1 amide bonds. The zero-order valence-electron chi connectivity index (χ0n) is 18.3. The van der Waals surface area contributed by atoms with Crippen LogP contribution in [0.25, 0.3) is 6.08 Å². The summed E-state index contributed by atoms with van der Waals surface area (Å²) in [6, 6.07) is 11.4. The number of rotatable bonds is 8. The van der Waals surface area contributed by atoms with E-state index in [4.69, 9.17) is 14.9 Å². The van der Waals surface area contributed by atoms with Crippen molar-refractivity contribution < 1.29 is 18.7 Å². The first kappa shape index (κ1) is 22.7. The van der Waals surface area contributed by atoms with Gasteiger partial charge in [0.1, 0.15) is 17.5 Å². The highest BCUT2D eigenvalue weighted by Crippen LogP contribution is 2.32. The van der Waals surface area contributed by atoms with Gasteiger partial charge in [0.15, 0.2) is 17.3 Å². The number of hydrogen-bond donors (Lipinski definition) is 1. The Morgan fingerprint density at radius 3 is 2.64 bits per heavy atom. The molecule has 2 aliphatic heterocycles. The van der Waals surface area contributed by atoms with Gasteiger partial charge in [-0.2, -0.15) is 15.1 Å². The van der Waals surface area contributed by atoms with Crippen LogP contribution in [0.15, 0.2) is 58.1 Å². The number of fused-ring (bicyclic) bond motifs is 1. The molecule has 0 saturated carbocycles. The number of thioether (sulfide) groups is 1. The highest BCUT2D eigenvalue weighted by Gasteiger charge is 2.35. The summed E-state index contributed by atoms with van der Waals surface area (Å²) < 4.78 is 24.7. The van der Waals surface area contributed by atoms with Crippen LogP contribution in [0.5, 0.6) is 11.5 Å². The number of hydrazone groups is 1. The molecule has 33 heavy (non-hydrogen) atoms. The van der Waals surface area contributed by atoms with Crippen LogP contribution < -0.4 is 9.47 Å². The molecule has 0 aromatic heterocycles. The highest BCUT2D eigenvalue weighted by atomic mass is 32.2. The van der Waals surface area contributed by atoms with Gasteiger partial charge in [0.05, 0.1) is 12.2 Å². The normalized spacial score (nSPS) is 16.6. The molecule has 1 N–H and O–H groups in total. The van der Waals surface area contributed by atoms with Gasteiger partial charge in [0.2, 0.25) is 5.17 Å². The molecule has 2 aromatic carbocycles. The summed E-state index contributed by atoms with van der Waals surface area (Å²) in [5, 5.41) is 15.6. The summed E-state index contributed by atoms with van der Waals surface area (Å²) in [5.74, 6) is 0.260. The summed E-state index contributed by atoms with van der Waals surface area (Å²) in [5.41, 5.74) is 1.65. The van der Waals surface area contributed by atoms with E-state index in [1.807, 2.05) is 13.8 Å². The van der Waals surface area contributed by atoms with E-state index >= 15 is 0 Å². The van der Waals surface area contributed by atoms with Gasteiger partial charge >= 0.3 is 0 Å². The predicted molar refractivity (Wildman–Crippen MR) is 128 cm³/mol. The maximum absolute atomic E-state index is 13.1. The predicted octanol–water partition coefficient (Wildman–Crippen LogP) is 5.22. The molecule has 2 heterocycles. The number of amidine groups is 2. The van der Waals surface area contributed by atoms with Crippen LogP contribution in [-0.2, 0) is 11.4 Å². The van der Waals surface area contributed by atoms with E-state index in [2.05, 4.69) is 10.1 Å². The molecule has 0 radical (unpaired) electrons. The molecule has 0 atom stereocenters. The van der Waals surface area contributed by atoms with Gasteiger partial charge in [-0.05, 0) is 73.0 Å². The molecule has 0 spiro atoms. The number of aliphatic imine (C=N–C) groups is 1. The average Bonchev–Trinajstić information content (AvgIpc) is 3.20. The van der Waals surface area contributed by atoms with E-state index in [1.54, 1.807) is 36.4 Å². The van der Waals surface area contributed by atoms with E-state index in [9.17, 15) is 9.18 Å². The van der Waals surface area contributed by atoms with Crippen LogP contribution in [0.1, 0.15) is 37.8 Å². The van der Waals surface area contributed by atoms with E-state index in [1.165, 1.54) is 28.9 Å². The van der Waals surface area contributed by atoms with Crippen LogP contribution in [0.3, 0.4) is 0 Å². The third-order valence-corrected chi connectivity index (χ3v) is 5.81. The Morgan fingerprint density at radius 2 is 1.91 bits per heavy atom. The third-order valence-electron chi connectivity index (χ3n) is 4.85. The van der Waals surface area contributed by atoms with Crippen molar-refractivity contribution in [2.45, 2.75) is 33.3 Å². The molecule has 0 aliphatic carbocycles. The first-order valence-corrected chi connectivity index (χ1v) is 11.4. The third kappa shape index (κ3) is 5.14. The van der Waals surface area contributed by atoms with Gasteiger partial charge in [0, 0.05) is 0 Å². The molecular formula is C24H23FN4O3S. The average molecular weight is 467 g/mol. The summed E-state index contributed by atoms with van der Waals surface area (Å²) in [4.78, 5) is 16.7. The summed E-state index contributed by atoms with van der Waals surface area (Å²) in [7, 11) is 0. The monoisotopic (exact) mass is 466 g/mol. The minimum absolute atomic E-state index is 0.00167. The van der Waals surface area contributed by atoms with Crippen molar-refractivity contribution in [2.75, 3.05) is 6.61 Å². The lowest BCUT2D eigenvalue weighted by Gasteiger charge is -2.20. The van der Waals surface area contributed by atoms with E-state index < -0.39 is 5.91 Å². The lowest BCUT2D eigenvalue weighted by Crippen LogP contribution is -2.35. The summed E-state index contributed by atoms with van der Waals surface area (Å²) in [6.45, 7) is 4.59. The van der Waals surface area contributed by atoms with Crippen LogP contribution in [0.2, 0.25) is 0 Å². The Morgan fingerprint density at radius 1 is 1.12 bits per heavy atom. The number of carbonyl (C=O) groups excluding carboxylic acids is 1. The van der Waals surface area contributed by atoms with E-state index in [-0.39, 0.29) is 23.8 Å². The molecule has 0 unspecified atom stereocenters. The minimum atomic E-state index is -0.471. The van der Waals surface area contributed by atoms with Crippen molar-refractivity contribution in [3.63, 3.8) is 0 Å². The zero-order chi connectivity index (χ0) is 23.4. The van der Waals surface area contributed by atoms with Crippen LogP contribution in [0.4, 0.5) is 4.39 Å². The number of benzene rings is 2. The quantitative estimate of drug-likeness (QED) is 0.539. The number of nitrogens with one attached hydrogen (secondary N) is 1. The van der Waals surface area contributed by atoms with Crippen LogP contribution in [0, 0.1) is 11.2 Å². The Hall–Kier alpha value is -3.46. The zero-order valence-corrected chi connectivity index (χ0v) is 19.1. The van der Waals surface area contributed by atoms with Crippen molar-refractivity contribution in [2.24, 2.45) is 10.1 Å². The Bertz CT molecular complexity index is 1170. The molecule has 7 nitrogen and oxygen atoms in total. The second-order valence-corrected chi connectivity index (χ2v) is 8.36. The fourth-order valence-corrected chi connectivity index (χ4v) is 4.24. The number of carbonyl (C=O) groups is 1. The smallest absolute Gasteiger partial charge is 0.283 e. The van der Waals surface area contributed by atoms with Gasteiger partial charge in [0.25, 0.3) is 5.91 Å². The fourth-order valence-electron chi connectivity index (χ4n) is 3.26. The Balaban J connectivity index is 1.56. The first-order valence-electron chi connectivity index (χ1n) is 10.6. The molecule has 0 saturated heterocycles. The van der Waals surface area contributed by atoms with Gasteiger partial charge in [-0.1, -0.05) is 25.1 Å². The highest BCUT2D eigenvalue weighted by molar-refractivity contribution is 8.26. The van der Waals surface area contributed by atoms with Gasteiger partial charge < -0.3 is 9.47 Å². The van der Waals surface area contributed by atoms with Crippen molar-refractivity contribution in [1.29, 1.82) is 5.41 Å². The van der Waals surface area contributed by atoms with Crippen molar-refractivity contribution >= 4 is 39.8 Å². The molecule has 0 fully saturated rings. The maximum Gasteiger partial charge on any atom is 0.283 e. The largest absolute Gasteiger partial charge is 0.490 e. The second-order valence-electron chi connectivity index (χ2n) is 7.32. The number of nitrogens with zero attached hydrogens (tertiary/aromatic N) is 3. The van der Waals surface area contributed by atoms with Gasteiger partial charge in [-0.15, -0.1) is 0 Å².